The molecule has 29 heavy (non-hydrogen) atoms. The van der Waals surface area contributed by atoms with E-state index in [1.54, 1.807) is 0 Å². The van der Waals surface area contributed by atoms with Gasteiger partial charge in [0.1, 0.15) is 5.75 Å². The van der Waals surface area contributed by atoms with E-state index in [2.05, 4.69) is 0 Å². The van der Waals surface area contributed by atoms with Gasteiger partial charge in [-0.25, -0.2) is 0 Å². The van der Waals surface area contributed by atoms with Crippen molar-refractivity contribution in [2.24, 2.45) is 0 Å². The smallest absolute Gasteiger partial charge is 0.120 e. The predicted molar refractivity (Wildman–Crippen MR) is 112 cm³/mol. The second kappa shape index (κ2) is 9.26. The van der Waals surface area contributed by atoms with Crippen LogP contribution in [0.5, 0.6) is 5.75 Å². The number of aliphatic hydroxyl groups is 3. The lowest BCUT2D eigenvalue weighted by Crippen LogP contribution is -2.41. The summed E-state index contributed by atoms with van der Waals surface area (Å²) in [5, 5.41) is 31.1. The molecule has 4 rings (SSSR count). The Balaban J connectivity index is 1.52. The Labute approximate surface area is 172 Å². The van der Waals surface area contributed by atoms with E-state index in [0.29, 0.717) is 19.1 Å². The van der Waals surface area contributed by atoms with Gasteiger partial charge >= 0.3 is 0 Å². The molecule has 1 saturated heterocycles. The van der Waals surface area contributed by atoms with Gasteiger partial charge in [-0.1, -0.05) is 42.5 Å². The summed E-state index contributed by atoms with van der Waals surface area (Å²) in [4.78, 5) is 2.04. The minimum atomic E-state index is -0.966. The number of rotatable bonds is 7. The van der Waals surface area contributed by atoms with Crippen LogP contribution in [0.1, 0.15) is 36.8 Å². The van der Waals surface area contributed by atoms with Gasteiger partial charge in [0.25, 0.3) is 0 Å². The van der Waals surface area contributed by atoms with E-state index in [9.17, 15) is 15.3 Å². The van der Waals surface area contributed by atoms with Gasteiger partial charge in [0.15, 0.2) is 0 Å². The molecule has 0 unspecified atom stereocenters. The molecule has 0 radical (unpaired) electrons. The molecule has 2 fully saturated rings. The van der Waals surface area contributed by atoms with Gasteiger partial charge in [-0.15, -0.1) is 0 Å². The molecular formula is C24H31NO4. The third-order valence-corrected chi connectivity index (χ3v) is 6.33. The van der Waals surface area contributed by atoms with Crippen molar-refractivity contribution in [3.63, 3.8) is 0 Å². The third-order valence-electron chi connectivity index (χ3n) is 6.33. The molecule has 156 valence electrons. The quantitative estimate of drug-likeness (QED) is 0.670. The highest BCUT2D eigenvalue weighted by molar-refractivity contribution is 5.29. The van der Waals surface area contributed by atoms with Gasteiger partial charge in [-0.3, -0.25) is 4.90 Å². The van der Waals surface area contributed by atoms with E-state index in [-0.39, 0.29) is 12.6 Å². The van der Waals surface area contributed by atoms with Gasteiger partial charge < -0.3 is 20.1 Å². The van der Waals surface area contributed by atoms with Gasteiger partial charge in [-0.05, 0) is 55.4 Å². The monoisotopic (exact) mass is 397 g/mol. The largest absolute Gasteiger partial charge is 0.490 e. The standard InChI is InChI=1S/C24H31NO4/c26-16-22-24(28)23(27)21(14-17-7-2-1-3-8-17)25(22)15-18-9-6-12-20(13-18)29-19-10-4-5-11-19/h1-3,6-9,12-13,19,21-24,26-28H,4-5,10-11,14-16H2/t21-,22+,23-,24+/m0/s1. The minimum absolute atomic E-state index is 0.193. The molecule has 0 aromatic heterocycles. The number of hydrogen-bond donors (Lipinski definition) is 3. The second-order valence-electron chi connectivity index (χ2n) is 8.33. The van der Waals surface area contributed by atoms with Crippen LogP contribution < -0.4 is 4.74 Å². The summed E-state index contributed by atoms with van der Waals surface area (Å²) in [6, 6.07) is 17.3. The summed E-state index contributed by atoms with van der Waals surface area (Å²) in [7, 11) is 0. The maximum atomic E-state index is 10.7. The minimum Gasteiger partial charge on any atom is -0.490 e. The highest BCUT2D eigenvalue weighted by Crippen LogP contribution is 2.31. The fourth-order valence-electron chi connectivity index (χ4n) is 4.76. The molecule has 2 aromatic rings. The molecule has 1 saturated carbocycles. The van der Waals surface area contributed by atoms with Crippen LogP contribution in [0, 0.1) is 0 Å². The fourth-order valence-corrected chi connectivity index (χ4v) is 4.76. The van der Waals surface area contributed by atoms with Gasteiger partial charge in [-0.2, -0.15) is 0 Å². The van der Waals surface area contributed by atoms with E-state index in [4.69, 9.17) is 4.74 Å². The van der Waals surface area contributed by atoms with E-state index < -0.39 is 18.2 Å². The van der Waals surface area contributed by atoms with Gasteiger partial charge in [0.2, 0.25) is 0 Å². The van der Waals surface area contributed by atoms with Gasteiger partial charge in [0, 0.05) is 12.6 Å². The average Bonchev–Trinajstić information content (AvgIpc) is 3.32. The number of benzene rings is 2. The first kappa shape index (κ1) is 20.4. The van der Waals surface area contributed by atoms with Crippen molar-refractivity contribution in [1.29, 1.82) is 0 Å². The highest BCUT2D eigenvalue weighted by atomic mass is 16.5. The Hall–Kier alpha value is -1.92. The Morgan fingerprint density at radius 3 is 2.28 bits per heavy atom. The first-order valence-electron chi connectivity index (χ1n) is 10.7. The molecular weight excluding hydrogens is 366 g/mol. The first-order valence-corrected chi connectivity index (χ1v) is 10.7. The van der Waals surface area contributed by atoms with Crippen molar-refractivity contribution in [3.8, 4) is 5.75 Å². The molecule has 4 atom stereocenters. The van der Waals surface area contributed by atoms with Crippen LogP contribution >= 0.6 is 0 Å². The summed E-state index contributed by atoms with van der Waals surface area (Å²) in [5.41, 5.74) is 2.16. The molecule has 0 amide bonds. The number of likely N-dealkylation sites (tertiary alicyclic amines) is 1. The zero-order valence-corrected chi connectivity index (χ0v) is 16.7. The molecule has 0 spiro atoms. The molecule has 0 bridgehead atoms. The normalized spacial score (nSPS) is 28.1. The van der Waals surface area contributed by atoms with Crippen molar-refractivity contribution in [1.82, 2.24) is 4.90 Å². The molecule has 2 aliphatic rings. The summed E-state index contributed by atoms with van der Waals surface area (Å²) in [6.45, 7) is 0.348. The number of ether oxygens (including phenoxy) is 1. The lowest BCUT2D eigenvalue weighted by molar-refractivity contribution is 0.0178. The lowest BCUT2D eigenvalue weighted by atomic mass is 10.0. The third kappa shape index (κ3) is 4.64. The SMILES string of the molecule is OC[C@@H]1[C@@H](O)[C@@H](O)[C@H](Cc2ccccc2)N1Cc1cccc(OC2CCCC2)c1. The van der Waals surface area contributed by atoms with Gasteiger partial charge in [0.05, 0.1) is 31.0 Å². The summed E-state index contributed by atoms with van der Waals surface area (Å²) < 4.78 is 6.13. The van der Waals surface area contributed by atoms with Crippen LogP contribution in [0.25, 0.3) is 0 Å². The average molecular weight is 398 g/mol. The maximum absolute atomic E-state index is 10.7. The lowest BCUT2D eigenvalue weighted by Gasteiger charge is -2.30. The Morgan fingerprint density at radius 1 is 0.862 bits per heavy atom. The molecule has 2 aromatic carbocycles. The van der Waals surface area contributed by atoms with Crippen LogP contribution in [0.15, 0.2) is 54.6 Å². The summed E-state index contributed by atoms with van der Waals surface area (Å²) >= 11 is 0. The number of nitrogens with zero attached hydrogens (tertiary/aromatic N) is 1. The van der Waals surface area contributed by atoms with Crippen LogP contribution in [0.4, 0.5) is 0 Å². The summed E-state index contributed by atoms with van der Waals surface area (Å²) in [6.07, 6.45) is 3.74. The second-order valence-corrected chi connectivity index (χ2v) is 8.33. The van der Waals surface area contributed by atoms with E-state index in [1.807, 2.05) is 59.5 Å². The van der Waals surface area contributed by atoms with E-state index >= 15 is 0 Å². The number of hydrogen-bond acceptors (Lipinski definition) is 5. The molecule has 1 heterocycles. The van der Waals surface area contributed by atoms with Crippen LogP contribution in [0.2, 0.25) is 0 Å². The predicted octanol–water partition coefficient (Wildman–Crippen LogP) is 2.52. The fraction of sp³-hybridized carbons (Fsp3) is 0.500. The van der Waals surface area contributed by atoms with Crippen molar-refractivity contribution in [3.05, 3.63) is 65.7 Å². The Kier molecular flexibility index (Phi) is 6.50. The van der Waals surface area contributed by atoms with E-state index in [1.165, 1.54) is 12.8 Å². The van der Waals surface area contributed by atoms with Crippen LogP contribution in [-0.4, -0.2) is 57.2 Å². The first-order chi connectivity index (χ1) is 14.2. The van der Waals surface area contributed by atoms with Crippen LogP contribution in [-0.2, 0) is 13.0 Å². The molecule has 1 aliphatic heterocycles. The highest BCUT2D eigenvalue weighted by Gasteiger charge is 2.46. The molecule has 5 nitrogen and oxygen atoms in total. The Morgan fingerprint density at radius 2 is 1.55 bits per heavy atom. The van der Waals surface area contributed by atoms with Crippen molar-refractivity contribution in [2.75, 3.05) is 6.61 Å². The molecule has 3 N–H and O–H groups in total. The summed E-state index contributed by atoms with van der Waals surface area (Å²) in [5.74, 6) is 0.870. The zero-order chi connectivity index (χ0) is 20.2. The van der Waals surface area contributed by atoms with Crippen molar-refractivity contribution >= 4 is 0 Å². The van der Waals surface area contributed by atoms with E-state index in [0.717, 1.165) is 29.7 Å². The maximum Gasteiger partial charge on any atom is 0.120 e. The van der Waals surface area contributed by atoms with Crippen molar-refractivity contribution < 1.29 is 20.1 Å². The van der Waals surface area contributed by atoms with Crippen LogP contribution in [0.3, 0.4) is 0 Å². The molecule has 1 aliphatic carbocycles. The molecule has 5 heteroatoms. The zero-order valence-electron chi connectivity index (χ0n) is 16.7. The number of aliphatic hydroxyl groups excluding tert-OH is 3. The van der Waals surface area contributed by atoms with Crippen molar-refractivity contribution in [2.45, 2.75) is 69.0 Å². The Bertz CT molecular complexity index is 777. The topological polar surface area (TPSA) is 73.2 Å².